The van der Waals surface area contributed by atoms with E-state index in [1.807, 2.05) is 0 Å². The van der Waals surface area contributed by atoms with Gasteiger partial charge in [0.1, 0.15) is 11.4 Å². The van der Waals surface area contributed by atoms with E-state index in [2.05, 4.69) is 6.08 Å². The number of imide groups is 1. The molecule has 0 spiro atoms. The number of allylic oxidation sites excluding steroid dienone is 2. The zero-order chi connectivity index (χ0) is 18.8. The lowest BCUT2D eigenvalue weighted by Crippen LogP contribution is -3.11. The largest absolute Gasteiger partial charge is 0.497 e. The molecule has 5 heteroatoms. The van der Waals surface area contributed by atoms with Crippen molar-refractivity contribution < 1.29 is 19.2 Å². The lowest BCUT2D eigenvalue weighted by Gasteiger charge is -2.34. The number of ether oxygens (including phenoxy) is 1. The van der Waals surface area contributed by atoms with Crippen molar-refractivity contribution in [2.45, 2.75) is 44.9 Å². The first-order chi connectivity index (χ1) is 13.2. The van der Waals surface area contributed by atoms with Crippen molar-refractivity contribution in [1.29, 1.82) is 0 Å². The number of hydrogen-bond donors (Lipinski definition) is 1. The van der Waals surface area contributed by atoms with E-state index in [9.17, 15) is 9.59 Å². The molecule has 0 aromatic heterocycles. The van der Waals surface area contributed by atoms with Crippen molar-refractivity contribution in [3.05, 3.63) is 36.0 Å². The van der Waals surface area contributed by atoms with Crippen LogP contribution in [0.5, 0.6) is 5.75 Å². The Morgan fingerprint density at radius 2 is 1.74 bits per heavy atom. The molecule has 2 saturated heterocycles. The summed E-state index contributed by atoms with van der Waals surface area (Å²) in [6.07, 6.45) is 9.77. The Labute approximate surface area is 161 Å². The van der Waals surface area contributed by atoms with Crippen molar-refractivity contribution >= 4 is 17.5 Å². The van der Waals surface area contributed by atoms with E-state index < -0.39 is 0 Å². The van der Waals surface area contributed by atoms with E-state index in [0.717, 1.165) is 25.0 Å². The molecular formula is C22H29N2O3+. The molecule has 1 aliphatic carbocycles. The number of nitrogens with zero attached hydrogens (tertiary/aromatic N) is 1. The van der Waals surface area contributed by atoms with Gasteiger partial charge in [0.05, 0.1) is 31.8 Å². The second-order valence-electron chi connectivity index (χ2n) is 7.94. The van der Waals surface area contributed by atoms with Gasteiger partial charge in [-0.3, -0.25) is 14.5 Å². The van der Waals surface area contributed by atoms with Crippen LogP contribution in [-0.2, 0) is 9.59 Å². The standard InChI is InChI=1S/C22H28N2O3/c1-27-17-11-9-16(10-12-17)24-21(25)15-19(22(24)26)18-7-3-4-8-20(18)23-13-5-2-6-14-23/h8-12,18-19H,2-7,13-15H2,1H3/p+1/t18-,19+/m1/s1. The van der Waals surface area contributed by atoms with Crippen LogP contribution in [-0.4, -0.2) is 32.0 Å². The van der Waals surface area contributed by atoms with Gasteiger partial charge in [-0.2, -0.15) is 0 Å². The molecule has 0 unspecified atom stereocenters. The van der Waals surface area contributed by atoms with Gasteiger partial charge in [0.2, 0.25) is 11.8 Å². The van der Waals surface area contributed by atoms with E-state index in [0.29, 0.717) is 12.1 Å². The molecule has 4 rings (SSSR count). The number of quaternary nitrogens is 1. The zero-order valence-corrected chi connectivity index (χ0v) is 16.1. The number of piperidine rings is 1. The van der Waals surface area contributed by atoms with Gasteiger partial charge < -0.3 is 9.64 Å². The molecule has 2 atom stereocenters. The van der Waals surface area contributed by atoms with Crippen molar-refractivity contribution in [2.24, 2.45) is 11.8 Å². The summed E-state index contributed by atoms with van der Waals surface area (Å²) in [5.74, 6) is 0.626. The van der Waals surface area contributed by atoms with Crippen LogP contribution < -0.4 is 14.5 Å². The van der Waals surface area contributed by atoms with Gasteiger partial charge in [-0.25, -0.2) is 0 Å². The minimum atomic E-state index is -0.208. The highest BCUT2D eigenvalue weighted by Crippen LogP contribution is 2.37. The number of amides is 2. The van der Waals surface area contributed by atoms with Crippen LogP contribution >= 0.6 is 0 Å². The topological polar surface area (TPSA) is 51.0 Å². The van der Waals surface area contributed by atoms with Crippen LogP contribution in [0.2, 0.25) is 0 Å². The zero-order valence-electron chi connectivity index (χ0n) is 16.1. The van der Waals surface area contributed by atoms with Crippen molar-refractivity contribution in [1.82, 2.24) is 0 Å². The molecule has 3 aliphatic rings. The number of likely N-dealkylation sites (tertiary alicyclic amines) is 1. The summed E-state index contributed by atoms with van der Waals surface area (Å²) in [6, 6.07) is 7.19. The normalized spacial score (nSPS) is 27.0. The first-order valence-electron chi connectivity index (χ1n) is 10.2. The van der Waals surface area contributed by atoms with Gasteiger partial charge in [0.15, 0.2) is 0 Å². The number of rotatable bonds is 4. The molecule has 144 valence electrons. The maximum Gasteiger partial charge on any atom is 0.238 e. The molecule has 1 N–H and O–H groups in total. The van der Waals surface area contributed by atoms with Gasteiger partial charge in [-0.15, -0.1) is 0 Å². The highest BCUT2D eigenvalue weighted by molar-refractivity contribution is 6.21. The van der Waals surface area contributed by atoms with Gasteiger partial charge in [-0.05, 0) is 68.9 Å². The average molecular weight is 369 g/mol. The number of carbonyl (C=O) groups is 2. The van der Waals surface area contributed by atoms with Gasteiger partial charge >= 0.3 is 0 Å². The molecule has 27 heavy (non-hydrogen) atoms. The fraction of sp³-hybridized carbons (Fsp3) is 0.545. The minimum absolute atomic E-state index is 0.0284. The van der Waals surface area contributed by atoms with Gasteiger partial charge in [0.25, 0.3) is 0 Å². The van der Waals surface area contributed by atoms with Crippen molar-refractivity contribution in [3.63, 3.8) is 0 Å². The van der Waals surface area contributed by atoms with Gasteiger partial charge in [-0.1, -0.05) is 0 Å². The average Bonchev–Trinajstić information content (AvgIpc) is 3.02. The highest BCUT2D eigenvalue weighted by Gasteiger charge is 2.47. The number of hydrogen-bond acceptors (Lipinski definition) is 3. The quantitative estimate of drug-likeness (QED) is 0.829. The third-order valence-electron chi connectivity index (χ3n) is 6.35. The number of anilines is 1. The van der Waals surface area contributed by atoms with E-state index in [1.54, 1.807) is 36.3 Å². The monoisotopic (exact) mass is 369 g/mol. The van der Waals surface area contributed by atoms with Crippen LogP contribution in [0.25, 0.3) is 0 Å². The van der Waals surface area contributed by atoms with Crippen molar-refractivity contribution in [2.75, 3.05) is 25.1 Å². The lowest BCUT2D eigenvalue weighted by molar-refractivity contribution is -0.870. The summed E-state index contributed by atoms with van der Waals surface area (Å²) in [5, 5.41) is 0. The third-order valence-corrected chi connectivity index (χ3v) is 6.35. The summed E-state index contributed by atoms with van der Waals surface area (Å²) in [5.41, 5.74) is 2.06. The molecule has 2 heterocycles. The Balaban J connectivity index is 1.56. The number of carbonyl (C=O) groups excluding carboxylic acids is 2. The first kappa shape index (κ1) is 18.2. The molecule has 2 aliphatic heterocycles. The summed E-state index contributed by atoms with van der Waals surface area (Å²) in [4.78, 5) is 28.9. The lowest BCUT2D eigenvalue weighted by atomic mass is 9.80. The Morgan fingerprint density at radius 1 is 1.00 bits per heavy atom. The maximum atomic E-state index is 13.2. The van der Waals surface area contributed by atoms with E-state index in [1.165, 1.54) is 42.9 Å². The van der Waals surface area contributed by atoms with Crippen LogP contribution in [0.3, 0.4) is 0 Å². The predicted molar refractivity (Wildman–Crippen MR) is 104 cm³/mol. The number of methoxy groups -OCH3 is 1. The van der Waals surface area contributed by atoms with Gasteiger partial charge in [0, 0.05) is 12.3 Å². The second kappa shape index (κ2) is 7.85. The second-order valence-corrected chi connectivity index (χ2v) is 7.94. The molecule has 0 saturated carbocycles. The van der Waals surface area contributed by atoms with Crippen LogP contribution in [0.4, 0.5) is 5.69 Å². The molecule has 0 bridgehead atoms. The van der Waals surface area contributed by atoms with Crippen LogP contribution in [0.15, 0.2) is 36.0 Å². The smallest absolute Gasteiger partial charge is 0.238 e. The van der Waals surface area contributed by atoms with E-state index in [-0.39, 0.29) is 23.7 Å². The van der Waals surface area contributed by atoms with Crippen LogP contribution in [0.1, 0.15) is 44.9 Å². The van der Waals surface area contributed by atoms with Crippen LogP contribution in [0, 0.1) is 11.8 Å². The fourth-order valence-electron chi connectivity index (χ4n) is 4.97. The third kappa shape index (κ3) is 3.53. The Bertz CT molecular complexity index is 734. The SMILES string of the molecule is COc1ccc(N2C(=O)C[C@@H]([C@H]3CCCC=C3[NH+]3CCCCC3)C2=O)cc1. The first-order valence-corrected chi connectivity index (χ1v) is 10.2. The molecule has 2 amide bonds. The highest BCUT2D eigenvalue weighted by atomic mass is 16.5. The predicted octanol–water partition coefficient (Wildman–Crippen LogP) is 2.33. The number of nitrogens with one attached hydrogen (secondary N) is 1. The molecule has 5 nitrogen and oxygen atoms in total. The Morgan fingerprint density at radius 3 is 2.44 bits per heavy atom. The van der Waals surface area contributed by atoms with E-state index in [4.69, 9.17) is 4.74 Å². The Kier molecular flexibility index (Phi) is 5.30. The van der Waals surface area contributed by atoms with Crippen molar-refractivity contribution in [3.8, 4) is 5.75 Å². The Hall–Kier alpha value is -2.14. The number of benzene rings is 1. The summed E-state index contributed by atoms with van der Waals surface area (Å²) < 4.78 is 5.18. The summed E-state index contributed by atoms with van der Waals surface area (Å²) >= 11 is 0. The summed E-state index contributed by atoms with van der Waals surface area (Å²) in [6.45, 7) is 2.33. The summed E-state index contributed by atoms with van der Waals surface area (Å²) in [7, 11) is 1.61. The molecule has 0 radical (unpaired) electrons. The molecular weight excluding hydrogens is 340 g/mol. The fourth-order valence-corrected chi connectivity index (χ4v) is 4.97. The maximum absolute atomic E-state index is 13.2. The molecule has 1 aromatic rings. The molecule has 2 fully saturated rings. The van der Waals surface area contributed by atoms with E-state index >= 15 is 0 Å². The molecule has 1 aromatic carbocycles. The minimum Gasteiger partial charge on any atom is -0.497 e.